The molecule has 6 nitrogen and oxygen atoms in total. The Morgan fingerprint density at radius 1 is 1.25 bits per heavy atom. The second-order valence-electron chi connectivity index (χ2n) is 7.38. The summed E-state index contributed by atoms with van der Waals surface area (Å²) in [6.07, 6.45) is 1.26. The molecule has 0 fully saturated rings. The standard InChI is InChI=1S/C21H34N4O2.HI/c1-6-22-20(23-14-13-19(26)25(7-2)8-3)24-17-15-21(4,5)27-18-12-10-9-11-16(17)18;/h9-12,17H,6-8,13-15H2,1-5H3,(H2,22,23,24);1H. The third-order valence-corrected chi connectivity index (χ3v) is 4.74. The molecule has 0 aliphatic carbocycles. The van der Waals surface area contributed by atoms with E-state index in [9.17, 15) is 4.79 Å². The summed E-state index contributed by atoms with van der Waals surface area (Å²) >= 11 is 0. The highest BCUT2D eigenvalue weighted by atomic mass is 127. The van der Waals surface area contributed by atoms with Crippen LogP contribution in [0.4, 0.5) is 0 Å². The molecule has 1 aromatic rings. The molecule has 1 unspecified atom stereocenters. The maximum Gasteiger partial charge on any atom is 0.224 e. The largest absolute Gasteiger partial charge is 0.487 e. The second-order valence-corrected chi connectivity index (χ2v) is 7.38. The molecule has 0 bridgehead atoms. The Hall–Kier alpha value is -1.51. The average Bonchev–Trinajstić information content (AvgIpc) is 2.62. The Labute approximate surface area is 186 Å². The number of rotatable bonds is 7. The van der Waals surface area contributed by atoms with Gasteiger partial charge in [-0.25, -0.2) is 0 Å². The topological polar surface area (TPSA) is 66.0 Å². The molecule has 0 spiro atoms. The minimum Gasteiger partial charge on any atom is -0.487 e. The van der Waals surface area contributed by atoms with Crippen molar-refractivity contribution >= 4 is 35.8 Å². The number of carbonyl (C=O) groups is 1. The van der Waals surface area contributed by atoms with Crippen molar-refractivity contribution in [2.45, 2.75) is 59.1 Å². The predicted octanol–water partition coefficient (Wildman–Crippen LogP) is 3.72. The minimum atomic E-state index is -0.248. The van der Waals surface area contributed by atoms with Crippen molar-refractivity contribution in [2.75, 3.05) is 26.2 Å². The van der Waals surface area contributed by atoms with Gasteiger partial charge in [-0.15, -0.1) is 24.0 Å². The Balaban J connectivity index is 0.00000392. The zero-order valence-corrected chi connectivity index (χ0v) is 20.1. The molecule has 0 saturated heterocycles. The van der Waals surface area contributed by atoms with E-state index in [0.717, 1.165) is 43.3 Å². The van der Waals surface area contributed by atoms with Gasteiger partial charge in [0.25, 0.3) is 0 Å². The quantitative estimate of drug-likeness (QED) is 0.339. The lowest BCUT2D eigenvalue weighted by atomic mass is 9.90. The number of nitrogens with zero attached hydrogens (tertiary/aromatic N) is 2. The van der Waals surface area contributed by atoms with Gasteiger partial charge in [-0.1, -0.05) is 18.2 Å². The molecular formula is C21H35IN4O2. The number of nitrogens with one attached hydrogen (secondary N) is 2. The molecule has 158 valence electrons. The van der Waals surface area contributed by atoms with Gasteiger partial charge in [0.1, 0.15) is 11.4 Å². The Morgan fingerprint density at radius 2 is 1.93 bits per heavy atom. The second kappa shape index (κ2) is 11.5. The number of benzene rings is 1. The van der Waals surface area contributed by atoms with Crippen molar-refractivity contribution < 1.29 is 9.53 Å². The molecule has 1 aliphatic rings. The third-order valence-electron chi connectivity index (χ3n) is 4.74. The molecule has 1 amide bonds. The third kappa shape index (κ3) is 6.83. The highest BCUT2D eigenvalue weighted by molar-refractivity contribution is 14.0. The molecule has 2 rings (SSSR count). The summed E-state index contributed by atoms with van der Waals surface area (Å²) in [5.74, 6) is 1.80. The van der Waals surface area contributed by atoms with Gasteiger partial charge in [0, 0.05) is 38.0 Å². The molecule has 0 saturated carbocycles. The molecule has 2 N–H and O–H groups in total. The smallest absolute Gasteiger partial charge is 0.224 e. The molecule has 7 heteroatoms. The van der Waals surface area contributed by atoms with Gasteiger partial charge in [-0.05, 0) is 40.7 Å². The number of amides is 1. The first-order chi connectivity index (χ1) is 12.9. The maximum absolute atomic E-state index is 12.2. The van der Waals surface area contributed by atoms with Crippen molar-refractivity contribution in [3.05, 3.63) is 29.8 Å². The summed E-state index contributed by atoms with van der Waals surface area (Å²) < 4.78 is 6.10. The molecule has 1 aliphatic heterocycles. The van der Waals surface area contributed by atoms with E-state index in [2.05, 4.69) is 35.5 Å². The van der Waals surface area contributed by atoms with E-state index in [0.29, 0.717) is 13.0 Å². The first kappa shape index (κ1) is 24.5. The van der Waals surface area contributed by atoms with Crippen molar-refractivity contribution in [3.63, 3.8) is 0 Å². The van der Waals surface area contributed by atoms with Crippen molar-refractivity contribution in [3.8, 4) is 5.75 Å². The first-order valence-electron chi connectivity index (χ1n) is 10.0. The van der Waals surface area contributed by atoms with Crippen LogP contribution in [0.25, 0.3) is 0 Å². The van der Waals surface area contributed by atoms with Crippen LogP contribution in [-0.2, 0) is 4.79 Å². The molecule has 28 heavy (non-hydrogen) atoms. The van der Waals surface area contributed by atoms with Gasteiger partial charge in [-0.2, -0.15) is 0 Å². The first-order valence-corrected chi connectivity index (χ1v) is 10.0. The van der Waals surface area contributed by atoms with Crippen LogP contribution in [0.2, 0.25) is 0 Å². The molecule has 0 aromatic heterocycles. The fraction of sp³-hybridized carbons (Fsp3) is 0.619. The number of guanidine groups is 1. The Morgan fingerprint density at radius 3 is 2.57 bits per heavy atom. The summed E-state index contributed by atoms with van der Waals surface area (Å²) in [5.41, 5.74) is 0.892. The van der Waals surface area contributed by atoms with Gasteiger partial charge in [0.05, 0.1) is 12.6 Å². The molecule has 1 aromatic carbocycles. The van der Waals surface area contributed by atoms with Gasteiger partial charge >= 0.3 is 0 Å². The monoisotopic (exact) mass is 502 g/mol. The van der Waals surface area contributed by atoms with E-state index in [-0.39, 0.29) is 41.5 Å². The lowest BCUT2D eigenvalue weighted by Gasteiger charge is -2.38. The van der Waals surface area contributed by atoms with Crippen molar-refractivity contribution in [2.24, 2.45) is 4.99 Å². The van der Waals surface area contributed by atoms with E-state index >= 15 is 0 Å². The summed E-state index contributed by atoms with van der Waals surface area (Å²) in [5, 5.41) is 6.83. The highest BCUT2D eigenvalue weighted by Gasteiger charge is 2.33. The average molecular weight is 502 g/mol. The molecule has 1 heterocycles. The van der Waals surface area contributed by atoms with Gasteiger partial charge in [0.15, 0.2) is 5.96 Å². The lowest BCUT2D eigenvalue weighted by molar-refractivity contribution is -0.130. The number of hydrogen-bond donors (Lipinski definition) is 2. The summed E-state index contributed by atoms with van der Waals surface area (Å²) in [6.45, 7) is 13.0. The summed E-state index contributed by atoms with van der Waals surface area (Å²) in [6, 6.07) is 8.24. The number of para-hydroxylation sites is 1. The zero-order valence-electron chi connectivity index (χ0n) is 17.7. The van der Waals surface area contributed by atoms with E-state index in [1.807, 2.05) is 43.9 Å². The predicted molar refractivity (Wildman–Crippen MR) is 126 cm³/mol. The Bertz CT molecular complexity index is 660. The van der Waals surface area contributed by atoms with Crippen LogP contribution >= 0.6 is 24.0 Å². The van der Waals surface area contributed by atoms with Crippen molar-refractivity contribution in [1.82, 2.24) is 15.5 Å². The van der Waals surface area contributed by atoms with Crippen LogP contribution < -0.4 is 15.4 Å². The molecular weight excluding hydrogens is 467 g/mol. The van der Waals surface area contributed by atoms with Gasteiger partial charge in [-0.3, -0.25) is 9.79 Å². The molecule has 1 atom stereocenters. The normalized spacial score (nSPS) is 17.6. The number of hydrogen-bond acceptors (Lipinski definition) is 3. The molecule has 0 radical (unpaired) electrons. The summed E-state index contributed by atoms with van der Waals surface area (Å²) in [7, 11) is 0. The van der Waals surface area contributed by atoms with Crippen LogP contribution in [-0.4, -0.2) is 48.5 Å². The van der Waals surface area contributed by atoms with E-state index in [4.69, 9.17) is 4.74 Å². The summed E-state index contributed by atoms with van der Waals surface area (Å²) in [4.78, 5) is 18.6. The fourth-order valence-electron chi connectivity index (χ4n) is 3.41. The number of halogens is 1. The van der Waals surface area contributed by atoms with Crippen LogP contribution in [0.15, 0.2) is 29.3 Å². The van der Waals surface area contributed by atoms with Crippen molar-refractivity contribution in [1.29, 1.82) is 0 Å². The van der Waals surface area contributed by atoms with Crippen LogP contribution in [0.1, 0.15) is 59.1 Å². The van der Waals surface area contributed by atoms with E-state index in [1.165, 1.54) is 0 Å². The van der Waals surface area contributed by atoms with Gasteiger partial charge in [0.2, 0.25) is 5.91 Å². The SMILES string of the molecule is CCNC(=NCCC(=O)N(CC)CC)NC1CC(C)(C)Oc2ccccc21.I. The van der Waals surface area contributed by atoms with Crippen LogP contribution in [0.5, 0.6) is 5.75 Å². The van der Waals surface area contributed by atoms with Crippen LogP contribution in [0.3, 0.4) is 0 Å². The number of aliphatic imine (C=N–C) groups is 1. The lowest BCUT2D eigenvalue weighted by Crippen LogP contribution is -2.45. The minimum absolute atomic E-state index is 0. The number of ether oxygens (including phenoxy) is 1. The van der Waals surface area contributed by atoms with Gasteiger partial charge < -0.3 is 20.3 Å². The number of carbonyl (C=O) groups excluding carboxylic acids is 1. The zero-order chi connectivity index (χ0) is 19.9. The van der Waals surface area contributed by atoms with E-state index in [1.54, 1.807) is 0 Å². The maximum atomic E-state index is 12.2. The Kier molecular flexibility index (Phi) is 10.1. The number of fused-ring (bicyclic) bond motifs is 1. The fourth-order valence-corrected chi connectivity index (χ4v) is 3.41. The van der Waals surface area contributed by atoms with Crippen LogP contribution in [0, 0.1) is 0 Å². The highest BCUT2D eigenvalue weighted by Crippen LogP contribution is 2.39. The van der Waals surface area contributed by atoms with E-state index < -0.39 is 0 Å².